The summed E-state index contributed by atoms with van der Waals surface area (Å²) in [6.45, 7) is 1.88. The second kappa shape index (κ2) is 8.17. The van der Waals surface area contributed by atoms with Crippen LogP contribution in [0.2, 0.25) is 0 Å². The predicted octanol–water partition coefficient (Wildman–Crippen LogP) is 3.77. The quantitative estimate of drug-likeness (QED) is 0.582. The van der Waals surface area contributed by atoms with E-state index in [-0.39, 0.29) is 21.8 Å². The van der Waals surface area contributed by atoms with E-state index in [9.17, 15) is 18.0 Å². The maximum absolute atomic E-state index is 13.1. The molecule has 0 aliphatic heterocycles. The average molecular weight is 468 g/mol. The van der Waals surface area contributed by atoms with Crippen molar-refractivity contribution in [1.82, 2.24) is 10.9 Å². The van der Waals surface area contributed by atoms with Gasteiger partial charge in [-0.2, -0.15) is 0 Å². The summed E-state index contributed by atoms with van der Waals surface area (Å²) in [5.41, 5.74) is 6.31. The first-order chi connectivity index (χ1) is 15.7. The Bertz CT molecular complexity index is 1170. The van der Waals surface area contributed by atoms with Crippen molar-refractivity contribution in [2.24, 2.45) is 23.2 Å². The number of anilines is 1. The zero-order chi connectivity index (χ0) is 23.2. The number of amides is 2. The van der Waals surface area contributed by atoms with Gasteiger partial charge in [0.25, 0.3) is 15.9 Å². The molecule has 0 unspecified atom stereocenters. The molecule has 4 aliphatic carbocycles. The molecule has 7 nitrogen and oxygen atoms in total. The SMILES string of the molecule is Cc1cccc(NS(=O)(=O)c2cccc(C(=O)NNC(=O)C34CC5CC(CC(C5)C3)C4)c2)c1. The molecule has 174 valence electrons. The van der Waals surface area contributed by atoms with Gasteiger partial charge in [-0.05, 0) is 99.1 Å². The predicted molar refractivity (Wildman–Crippen MR) is 125 cm³/mol. The van der Waals surface area contributed by atoms with Gasteiger partial charge in [0.15, 0.2) is 0 Å². The molecule has 6 rings (SSSR count). The topological polar surface area (TPSA) is 104 Å². The Morgan fingerprint density at radius 3 is 2.15 bits per heavy atom. The molecule has 4 saturated carbocycles. The van der Waals surface area contributed by atoms with E-state index >= 15 is 0 Å². The Hall–Kier alpha value is -2.87. The van der Waals surface area contributed by atoms with Crippen LogP contribution in [0.1, 0.15) is 54.4 Å². The molecule has 2 aromatic carbocycles. The van der Waals surface area contributed by atoms with Crippen molar-refractivity contribution in [1.29, 1.82) is 0 Å². The first kappa shape index (κ1) is 21.9. The second-order valence-corrected chi connectivity index (χ2v) is 11.8. The lowest BCUT2D eigenvalue weighted by molar-refractivity contribution is -0.147. The maximum atomic E-state index is 13.1. The van der Waals surface area contributed by atoms with Crippen LogP contribution in [0.5, 0.6) is 0 Å². The van der Waals surface area contributed by atoms with Crippen molar-refractivity contribution in [3.05, 3.63) is 59.7 Å². The molecule has 4 bridgehead atoms. The van der Waals surface area contributed by atoms with Crippen molar-refractivity contribution in [3.8, 4) is 0 Å². The van der Waals surface area contributed by atoms with Crippen LogP contribution in [0.25, 0.3) is 0 Å². The van der Waals surface area contributed by atoms with Crippen LogP contribution in [0.15, 0.2) is 53.4 Å². The summed E-state index contributed by atoms with van der Waals surface area (Å²) in [6, 6.07) is 12.8. The second-order valence-electron chi connectivity index (χ2n) is 10.1. The third-order valence-corrected chi connectivity index (χ3v) is 8.87. The van der Waals surface area contributed by atoms with Crippen molar-refractivity contribution in [2.75, 3.05) is 4.72 Å². The summed E-state index contributed by atoms with van der Waals surface area (Å²) in [7, 11) is -3.87. The molecule has 0 radical (unpaired) electrons. The smallest absolute Gasteiger partial charge is 0.269 e. The van der Waals surface area contributed by atoms with Gasteiger partial charge in [0.05, 0.1) is 10.3 Å². The molecule has 0 saturated heterocycles. The molecule has 33 heavy (non-hydrogen) atoms. The molecule has 4 aliphatic rings. The highest BCUT2D eigenvalue weighted by atomic mass is 32.2. The molecular formula is C25H29N3O4S. The minimum atomic E-state index is -3.87. The van der Waals surface area contributed by atoms with E-state index in [1.165, 1.54) is 43.5 Å². The molecule has 8 heteroatoms. The standard InChI is InChI=1S/C25H29N3O4S/c1-16-4-2-6-21(8-16)28-33(31,32)22-7-3-5-20(12-22)23(29)26-27-24(30)25-13-17-9-18(14-25)11-19(10-17)15-25/h2-8,12,17-19,28H,9-11,13-15H2,1H3,(H,26,29)(H,27,30). The van der Waals surface area contributed by atoms with Crippen LogP contribution in [-0.2, 0) is 14.8 Å². The van der Waals surface area contributed by atoms with Crippen LogP contribution >= 0.6 is 0 Å². The largest absolute Gasteiger partial charge is 0.280 e. The van der Waals surface area contributed by atoms with Crippen LogP contribution < -0.4 is 15.6 Å². The molecule has 0 aromatic heterocycles. The van der Waals surface area contributed by atoms with E-state index in [1.807, 2.05) is 13.0 Å². The highest BCUT2D eigenvalue weighted by Gasteiger charge is 2.54. The number of rotatable bonds is 5. The first-order valence-corrected chi connectivity index (χ1v) is 13.0. The summed E-state index contributed by atoms with van der Waals surface area (Å²) < 4.78 is 28.1. The number of carbonyl (C=O) groups excluding carboxylic acids is 2. The molecule has 0 spiro atoms. The number of aryl methyl sites for hydroxylation is 1. The highest BCUT2D eigenvalue weighted by molar-refractivity contribution is 7.92. The third-order valence-electron chi connectivity index (χ3n) is 7.49. The van der Waals surface area contributed by atoms with E-state index in [0.717, 1.165) is 24.8 Å². The molecule has 0 atom stereocenters. The number of hydrogen-bond acceptors (Lipinski definition) is 4. The fourth-order valence-corrected chi connectivity index (χ4v) is 7.53. The Labute approximate surface area is 194 Å². The summed E-state index contributed by atoms with van der Waals surface area (Å²) in [4.78, 5) is 25.8. The molecule has 2 amide bonds. The van der Waals surface area contributed by atoms with Gasteiger partial charge in [-0.1, -0.05) is 18.2 Å². The first-order valence-electron chi connectivity index (χ1n) is 11.5. The van der Waals surface area contributed by atoms with Gasteiger partial charge < -0.3 is 0 Å². The minimum absolute atomic E-state index is 0.0240. The van der Waals surface area contributed by atoms with E-state index in [0.29, 0.717) is 23.4 Å². The summed E-state index contributed by atoms with van der Waals surface area (Å²) in [5, 5.41) is 0. The number of sulfonamides is 1. The van der Waals surface area contributed by atoms with E-state index in [1.54, 1.807) is 18.2 Å². The van der Waals surface area contributed by atoms with E-state index in [2.05, 4.69) is 15.6 Å². The van der Waals surface area contributed by atoms with Gasteiger partial charge in [-0.3, -0.25) is 25.2 Å². The number of benzene rings is 2. The highest BCUT2D eigenvalue weighted by Crippen LogP contribution is 2.60. The Morgan fingerprint density at radius 2 is 1.52 bits per heavy atom. The summed E-state index contributed by atoms with van der Waals surface area (Å²) >= 11 is 0. The summed E-state index contributed by atoms with van der Waals surface area (Å²) in [5.74, 6) is 1.22. The normalized spacial score (nSPS) is 27.7. The molecule has 2 aromatic rings. The van der Waals surface area contributed by atoms with Gasteiger partial charge in [-0.15, -0.1) is 0 Å². The fraction of sp³-hybridized carbons (Fsp3) is 0.440. The molecule has 0 heterocycles. The minimum Gasteiger partial charge on any atom is -0.280 e. The van der Waals surface area contributed by atoms with Gasteiger partial charge in [0, 0.05) is 11.3 Å². The van der Waals surface area contributed by atoms with Crippen molar-refractivity contribution >= 4 is 27.5 Å². The van der Waals surface area contributed by atoms with Crippen molar-refractivity contribution in [2.45, 2.75) is 50.3 Å². The van der Waals surface area contributed by atoms with Gasteiger partial charge in [0.2, 0.25) is 5.91 Å². The monoisotopic (exact) mass is 467 g/mol. The zero-order valence-corrected chi connectivity index (χ0v) is 19.5. The van der Waals surface area contributed by atoms with Gasteiger partial charge >= 0.3 is 0 Å². The molecule has 3 N–H and O–H groups in total. The van der Waals surface area contributed by atoms with Crippen molar-refractivity contribution in [3.63, 3.8) is 0 Å². The molecular weight excluding hydrogens is 438 g/mol. The van der Waals surface area contributed by atoms with Crippen LogP contribution in [0, 0.1) is 30.1 Å². The average Bonchev–Trinajstić information content (AvgIpc) is 2.76. The fourth-order valence-electron chi connectivity index (χ4n) is 6.43. The number of hydrogen-bond donors (Lipinski definition) is 3. The lowest BCUT2D eigenvalue weighted by Crippen LogP contribution is -2.56. The Morgan fingerprint density at radius 1 is 0.879 bits per heavy atom. The number of nitrogens with one attached hydrogen (secondary N) is 3. The van der Waals surface area contributed by atoms with Gasteiger partial charge in [-0.25, -0.2) is 8.42 Å². The Kier molecular flexibility index (Phi) is 5.43. The Balaban J connectivity index is 1.25. The number of carbonyl (C=O) groups is 2. The summed E-state index contributed by atoms with van der Waals surface area (Å²) in [6.07, 6.45) is 6.40. The lowest BCUT2D eigenvalue weighted by atomic mass is 9.49. The molecule has 4 fully saturated rings. The van der Waals surface area contributed by atoms with Crippen LogP contribution in [0.4, 0.5) is 5.69 Å². The van der Waals surface area contributed by atoms with Gasteiger partial charge in [0.1, 0.15) is 0 Å². The third kappa shape index (κ3) is 4.36. The number of hydrazine groups is 1. The van der Waals surface area contributed by atoms with Crippen molar-refractivity contribution < 1.29 is 18.0 Å². The zero-order valence-electron chi connectivity index (χ0n) is 18.6. The van der Waals surface area contributed by atoms with Crippen LogP contribution in [-0.4, -0.2) is 20.2 Å². The lowest BCUT2D eigenvalue weighted by Gasteiger charge is -2.55. The maximum Gasteiger partial charge on any atom is 0.269 e. The van der Waals surface area contributed by atoms with E-state index in [4.69, 9.17) is 0 Å². The van der Waals surface area contributed by atoms with Crippen LogP contribution in [0.3, 0.4) is 0 Å². The van der Waals surface area contributed by atoms with E-state index < -0.39 is 15.9 Å².